The number of urea groups is 1. The lowest BCUT2D eigenvalue weighted by Gasteiger charge is -2.30. The summed E-state index contributed by atoms with van der Waals surface area (Å²) in [6, 6.07) is 0.000741. The number of ether oxygens (including phenoxy) is 1. The van der Waals surface area contributed by atoms with Gasteiger partial charge in [0.25, 0.3) is 0 Å². The molecule has 1 aliphatic heterocycles. The molecule has 0 spiro atoms. The molecule has 0 unspecified atom stereocenters. The zero-order chi connectivity index (χ0) is 8.97. The van der Waals surface area contributed by atoms with E-state index in [4.69, 9.17) is 4.74 Å². The van der Waals surface area contributed by atoms with Gasteiger partial charge in [-0.3, -0.25) is 5.01 Å². The van der Waals surface area contributed by atoms with E-state index in [2.05, 4.69) is 5.43 Å². The van der Waals surface area contributed by atoms with Crippen LogP contribution in [-0.4, -0.2) is 56.3 Å². The van der Waals surface area contributed by atoms with Crippen molar-refractivity contribution >= 4 is 6.03 Å². The first kappa shape index (κ1) is 9.28. The number of nitrogens with zero attached hydrogens (tertiary/aromatic N) is 2. The largest absolute Gasteiger partial charge is 0.378 e. The van der Waals surface area contributed by atoms with Gasteiger partial charge in [-0.05, 0) is 0 Å². The molecule has 70 valence electrons. The highest BCUT2D eigenvalue weighted by atomic mass is 16.5. The maximum atomic E-state index is 11.5. The number of rotatable bonds is 1. The maximum Gasteiger partial charge on any atom is 0.334 e. The lowest BCUT2D eigenvalue weighted by atomic mass is 10.4. The van der Waals surface area contributed by atoms with Crippen LogP contribution >= 0.6 is 0 Å². The molecule has 0 atom stereocenters. The molecular formula is C7H15N3O2. The molecule has 1 heterocycles. The van der Waals surface area contributed by atoms with Crippen molar-refractivity contribution in [1.29, 1.82) is 0 Å². The van der Waals surface area contributed by atoms with Gasteiger partial charge in [0.05, 0.1) is 13.2 Å². The van der Waals surface area contributed by atoms with Crippen molar-refractivity contribution < 1.29 is 9.53 Å². The molecule has 0 aromatic carbocycles. The molecule has 5 heteroatoms. The number of morpholine rings is 1. The molecule has 1 fully saturated rings. The standard InChI is InChI=1S/C7H15N3O2/c1-8-9(2)7(11)10-3-5-12-6-4-10/h8H,3-6H2,1-2H3. The lowest BCUT2D eigenvalue weighted by molar-refractivity contribution is 0.0421. The van der Waals surface area contributed by atoms with Gasteiger partial charge in [0, 0.05) is 27.2 Å². The quantitative estimate of drug-likeness (QED) is 0.544. The third-order valence-electron chi connectivity index (χ3n) is 1.90. The van der Waals surface area contributed by atoms with Crippen molar-refractivity contribution in [1.82, 2.24) is 15.3 Å². The van der Waals surface area contributed by atoms with Gasteiger partial charge in [0.1, 0.15) is 0 Å². The molecule has 1 N–H and O–H groups in total. The Morgan fingerprint density at radius 2 is 2.08 bits per heavy atom. The van der Waals surface area contributed by atoms with Gasteiger partial charge in [-0.1, -0.05) is 0 Å². The molecule has 12 heavy (non-hydrogen) atoms. The molecule has 0 aromatic rings. The van der Waals surface area contributed by atoms with Gasteiger partial charge in [-0.15, -0.1) is 0 Å². The van der Waals surface area contributed by atoms with Crippen LogP contribution in [0.4, 0.5) is 4.79 Å². The van der Waals surface area contributed by atoms with Gasteiger partial charge in [0.15, 0.2) is 0 Å². The average molecular weight is 173 g/mol. The van der Waals surface area contributed by atoms with Gasteiger partial charge < -0.3 is 9.64 Å². The van der Waals surface area contributed by atoms with E-state index in [1.807, 2.05) is 0 Å². The second-order valence-corrected chi connectivity index (χ2v) is 2.66. The second kappa shape index (κ2) is 4.27. The highest BCUT2D eigenvalue weighted by molar-refractivity contribution is 5.73. The zero-order valence-corrected chi connectivity index (χ0v) is 7.54. The summed E-state index contributed by atoms with van der Waals surface area (Å²) in [5.41, 5.74) is 2.76. The van der Waals surface area contributed by atoms with Crippen molar-refractivity contribution in [2.45, 2.75) is 0 Å². The smallest absolute Gasteiger partial charge is 0.334 e. The molecule has 0 bridgehead atoms. The number of hydrogen-bond acceptors (Lipinski definition) is 3. The molecule has 0 aliphatic carbocycles. The summed E-state index contributed by atoms with van der Waals surface area (Å²) in [7, 11) is 3.43. The van der Waals surface area contributed by atoms with E-state index in [0.717, 1.165) is 0 Å². The van der Waals surface area contributed by atoms with E-state index >= 15 is 0 Å². The minimum atomic E-state index is 0.000741. The third-order valence-corrected chi connectivity index (χ3v) is 1.90. The Morgan fingerprint density at radius 3 is 2.58 bits per heavy atom. The molecule has 2 amide bonds. The van der Waals surface area contributed by atoms with Crippen LogP contribution < -0.4 is 5.43 Å². The second-order valence-electron chi connectivity index (χ2n) is 2.66. The number of carbonyl (C=O) groups is 1. The number of hydrogen-bond donors (Lipinski definition) is 1. The van der Waals surface area contributed by atoms with E-state index in [1.54, 1.807) is 19.0 Å². The fourth-order valence-corrected chi connectivity index (χ4v) is 1.06. The Bertz CT molecular complexity index is 157. The molecule has 1 aliphatic rings. The summed E-state index contributed by atoms with van der Waals surface area (Å²) < 4.78 is 5.13. The Hall–Kier alpha value is -0.810. The first-order valence-corrected chi connectivity index (χ1v) is 4.03. The van der Waals surface area contributed by atoms with Crippen LogP contribution in [0.2, 0.25) is 0 Å². The fourth-order valence-electron chi connectivity index (χ4n) is 1.06. The van der Waals surface area contributed by atoms with E-state index in [9.17, 15) is 4.79 Å². The highest BCUT2D eigenvalue weighted by Gasteiger charge is 2.18. The van der Waals surface area contributed by atoms with Gasteiger partial charge >= 0.3 is 6.03 Å². The van der Waals surface area contributed by atoms with Crippen LogP contribution in [-0.2, 0) is 4.74 Å². The first-order valence-electron chi connectivity index (χ1n) is 4.03. The minimum absolute atomic E-state index is 0.000741. The summed E-state index contributed by atoms with van der Waals surface area (Å²) in [6.45, 7) is 2.66. The van der Waals surface area contributed by atoms with E-state index in [-0.39, 0.29) is 6.03 Å². The number of nitrogens with one attached hydrogen (secondary N) is 1. The predicted octanol–water partition coefficient (Wildman–Crippen LogP) is -0.495. The van der Waals surface area contributed by atoms with Crippen molar-refractivity contribution in [3.8, 4) is 0 Å². The Balaban J connectivity index is 2.39. The Kier molecular flexibility index (Phi) is 3.31. The average Bonchev–Trinajstić information content (AvgIpc) is 2.17. The molecule has 0 radical (unpaired) electrons. The van der Waals surface area contributed by atoms with Gasteiger partial charge in [0.2, 0.25) is 0 Å². The zero-order valence-electron chi connectivity index (χ0n) is 7.54. The minimum Gasteiger partial charge on any atom is -0.378 e. The molecule has 0 aromatic heterocycles. The number of carbonyl (C=O) groups excluding carboxylic acids is 1. The normalized spacial score (nSPS) is 17.7. The van der Waals surface area contributed by atoms with Crippen LogP contribution in [0.3, 0.4) is 0 Å². The summed E-state index contributed by atoms with van der Waals surface area (Å²) >= 11 is 0. The number of hydrazine groups is 1. The van der Waals surface area contributed by atoms with E-state index in [1.165, 1.54) is 5.01 Å². The fraction of sp³-hybridized carbons (Fsp3) is 0.857. The highest BCUT2D eigenvalue weighted by Crippen LogP contribution is 1.99. The van der Waals surface area contributed by atoms with Crippen LogP contribution in [0.5, 0.6) is 0 Å². The van der Waals surface area contributed by atoms with Crippen molar-refractivity contribution in [3.63, 3.8) is 0 Å². The van der Waals surface area contributed by atoms with Crippen molar-refractivity contribution in [3.05, 3.63) is 0 Å². The third kappa shape index (κ3) is 2.09. The van der Waals surface area contributed by atoms with Crippen LogP contribution in [0.15, 0.2) is 0 Å². The van der Waals surface area contributed by atoms with Gasteiger partial charge in [-0.25, -0.2) is 10.2 Å². The summed E-state index contributed by atoms with van der Waals surface area (Å²) in [5, 5.41) is 1.46. The van der Waals surface area contributed by atoms with Gasteiger partial charge in [-0.2, -0.15) is 0 Å². The predicted molar refractivity (Wildman–Crippen MR) is 44.6 cm³/mol. The maximum absolute atomic E-state index is 11.5. The molecule has 0 saturated carbocycles. The van der Waals surface area contributed by atoms with E-state index in [0.29, 0.717) is 26.3 Å². The Labute approximate surface area is 72.2 Å². The monoisotopic (exact) mass is 173 g/mol. The number of amides is 2. The van der Waals surface area contributed by atoms with Crippen LogP contribution in [0.25, 0.3) is 0 Å². The molecule has 5 nitrogen and oxygen atoms in total. The summed E-state index contributed by atoms with van der Waals surface area (Å²) in [4.78, 5) is 13.2. The SMILES string of the molecule is CNN(C)C(=O)N1CCOCC1. The van der Waals surface area contributed by atoms with Crippen molar-refractivity contribution in [2.75, 3.05) is 40.4 Å². The molecule has 1 saturated heterocycles. The molecular weight excluding hydrogens is 158 g/mol. The Morgan fingerprint density at radius 1 is 1.50 bits per heavy atom. The topological polar surface area (TPSA) is 44.8 Å². The lowest BCUT2D eigenvalue weighted by Crippen LogP contribution is -2.50. The van der Waals surface area contributed by atoms with Crippen LogP contribution in [0.1, 0.15) is 0 Å². The first-order chi connectivity index (χ1) is 5.75. The summed E-state index contributed by atoms with van der Waals surface area (Å²) in [6.07, 6.45) is 0. The van der Waals surface area contributed by atoms with E-state index < -0.39 is 0 Å². The van der Waals surface area contributed by atoms with Crippen LogP contribution in [0, 0.1) is 0 Å². The van der Waals surface area contributed by atoms with Crippen molar-refractivity contribution in [2.24, 2.45) is 0 Å². The molecule has 1 rings (SSSR count). The summed E-state index contributed by atoms with van der Waals surface area (Å²) in [5.74, 6) is 0.